The number of fused-ring (bicyclic) bond motifs is 1. The molecule has 2 N–H and O–H groups in total. The molecule has 2 heterocycles. The van der Waals surface area contributed by atoms with Gasteiger partial charge in [0.1, 0.15) is 17.2 Å². The van der Waals surface area contributed by atoms with Crippen molar-refractivity contribution >= 4 is 27.9 Å². The number of nitrogens with zero attached hydrogens (tertiary/aromatic N) is 1. The summed E-state index contributed by atoms with van der Waals surface area (Å²) in [6, 6.07) is -0.730. The topological polar surface area (TPSA) is 122 Å². The molecule has 0 bridgehead atoms. The molecule has 0 aromatic carbocycles. The summed E-state index contributed by atoms with van der Waals surface area (Å²) in [6.07, 6.45) is 10.8. The summed E-state index contributed by atoms with van der Waals surface area (Å²) in [7, 11) is -3.84. The van der Waals surface area contributed by atoms with Gasteiger partial charge in [-0.3, -0.25) is 19.2 Å². The van der Waals surface area contributed by atoms with Gasteiger partial charge in [0.2, 0.25) is 15.9 Å². The Morgan fingerprint density at radius 3 is 2.25 bits per heavy atom. The molecule has 0 unspecified atom stereocenters. The Morgan fingerprint density at radius 1 is 0.972 bits per heavy atom. The van der Waals surface area contributed by atoms with E-state index in [1.165, 1.54) is 4.90 Å². The Bertz CT molecular complexity index is 971. The van der Waals surface area contributed by atoms with Crippen LogP contribution >= 0.6 is 0 Å². The minimum Gasteiger partial charge on any atom is -0.444 e. The molecule has 4 aliphatic rings. The summed E-state index contributed by atoms with van der Waals surface area (Å²) in [6.45, 7) is 5.74. The Balaban J connectivity index is 1.50. The first-order chi connectivity index (χ1) is 16.9. The van der Waals surface area contributed by atoms with Crippen LogP contribution in [-0.2, 0) is 24.3 Å². The fourth-order valence-corrected chi connectivity index (χ4v) is 7.58. The largest absolute Gasteiger partial charge is 0.444 e. The van der Waals surface area contributed by atoms with Gasteiger partial charge in [-0.25, -0.2) is 13.2 Å². The molecule has 9 nitrogen and oxygen atoms in total. The number of carbonyl (C=O) groups excluding carboxylic acids is 3. The first kappa shape index (κ1) is 27.2. The number of nitrogens with one attached hydrogen (secondary N) is 2. The van der Waals surface area contributed by atoms with Crippen molar-refractivity contribution < 1.29 is 27.5 Å². The lowest BCUT2D eigenvalue weighted by Gasteiger charge is -2.29. The van der Waals surface area contributed by atoms with Crippen LogP contribution in [0.1, 0.15) is 111 Å². The summed E-state index contributed by atoms with van der Waals surface area (Å²) in [5.74, 6) is -1.13. The van der Waals surface area contributed by atoms with Crippen LogP contribution in [0.25, 0.3) is 0 Å². The van der Waals surface area contributed by atoms with Gasteiger partial charge in [0, 0.05) is 6.54 Å². The first-order valence-electron chi connectivity index (χ1n) is 13.8. The van der Waals surface area contributed by atoms with Gasteiger partial charge in [0.15, 0.2) is 0 Å². The number of hydrogen-bond donors (Lipinski definition) is 2. The van der Waals surface area contributed by atoms with Crippen molar-refractivity contribution in [1.82, 2.24) is 14.9 Å². The minimum atomic E-state index is -3.84. The molecule has 2 saturated carbocycles. The van der Waals surface area contributed by atoms with Crippen LogP contribution in [0.4, 0.5) is 4.79 Å². The second-order valence-corrected chi connectivity index (χ2v) is 14.4. The maximum absolute atomic E-state index is 13.5. The summed E-state index contributed by atoms with van der Waals surface area (Å²) >= 11 is 0. The van der Waals surface area contributed by atoms with Crippen molar-refractivity contribution in [2.24, 2.45) is 5.92 Å². The Kier molecular flexibility index (Phi) is 7.66. The molecule has 204 valence electrons. The van der Waals surface area contributed by atoms with Crippen molar-refractivity contribution in [2.75, 3.05) is 6.54 Å². The van der Waals surface area contributed by atoms with E-state index in [0.717, 1.165) is 51.4 Å². The average Bonchev–Trinajstić information content (AvgIpc) is 3.65. The summed E-state index contributed by atoms with van der Waals surface area (Å²) < 4.78 is 33.5. The molecule has 0 aromatic rings. The summed E-state index contributed by atoms with van der Waals surface area (Å²) in [5.41, 5.74) is -1.92. The molecule has 36 heavy (non-hydrogen) atoms. The minimum absolute atomic E-state index is 0.103. The van der Waals surface area contributed by atoms with E-state index in [4.69, 9.17) is 4.74 Å². The SMILES string of the molecule is CC(C)(C)OC(=O)N1CCC[C@H]1C(=O)N[C@]12C[C@H]1CCCCCCCCCC1(CC1)S(=O)(=O)NC2=O. The lowest BCUT2D eigenvalue weighted by molar-refractivity contribution is -0.132. The third-order valence-electron chi connectivity index (χ3n) is 8.33. The van der Waals surface area contributed by atoms with Gasteiger partial charge in [0.05, 0.1) is 4.75 Å². The maximum Gasteiger partial charge on any atom is 0.410 e. The number of hydrogen-bond acceptors (Lipinski definition) is 6. The van der Waals surface area contributed by atoms with Crippen molar-refractivity contribution in [3.05, 3.63) is 0 Å². The molecule has 4 fully saturated rings. The molecule has 2 aliphatic heterocycles. The maximum atomic E-state index is 13.5. The highest BCUT2D eigenvalue weighted by molar-refractivity contribution is 7.91. The molecule has 1 spiro atoms. The molecule has 10 heteroatoms. The molecule has 3 atom stereocenters. The zero-order valence-corrected chi connectivity index (χ0v) is 22.9. The van der Waals surface area contributed by atoms with Crippen molar-refractivity contribution in [3.8, 4) is 0 Å². The predicted molar refractivity (Wildman–Crippen MR) is 136 cm³/mol. The second kappa shape index (κ2) is 10.1. The predicted octanol–water partition coefficient (Wildman–Crippen LogP) is 3.76. The Labute approximate surface area is 215 Å². The number of amides is 3. The standard InChI is InChI=1S/C26H43N3O6S/c1-24(2,3)35-23(32)29-17-11-13-20(29)21(30)27-26-18-19(26)12-9-7-5-4-6-8-10-14-25(15-16-25)36(33,34)28-22(26)31/h19-20H,4-18H2,1-3H3,(H,27,30)(H,28,31)/t19-,20+,26-/m1/s1. The van der Waals surface area contributed by atoms with E-state index in [-0.39, 0.29) is 5.92 Å². The van der Waals surface area contributed by atoms with E-state index < -0.39 is 49.9 Å². The van der Waals surface area contributed by atoms with Gasteiger partial charge in [-0.15, -0.1) is 0 Å². The van der Waals surface area contributed by atoms with Crippen molar-refractivity contribution in [1.29, 1.82) is 0 Å². The van der Waals surface area contributed by atoms with Crippen LogP contribution in [0.15, 0.2) is 0 Å². The number of rotatable bonds is 2. The van der Waals surface area contributed by atoms with Crippen LogP contribution in [0, 0.1) is 5.92 Å². The van der Waals surface area contributed by atoms with Crippen molar-refractivity contribution in [3.63, 3.8) is 0 Å². The molecule has 3 amide bonds. The van der Waals surface area contributed by atoms with Gasteiger partial charge in [-0.2, -0.15) is 0 Å². The lowest BCUT2D eigenvalue weighted by atomic mass is 10.0. The van der Waals surface area contributed by atoms with Crippen molar-refractivity contribution in [2.45, 2.75) is 133 Å². The van der Waals surface area contributed by atoms with Gasteiger partial charge in [0.25, 0.3) is 5.91 Å². The fraction of sp³-hybridized carbons (Fsp3) is 0.885. The van der Waals surface area contributed by atoms with Crippen LogP contribution in [0.2, 0.25) is 0 Å². The van der Waals surface area contributed by atoms with Crippen LogP contribution in [-0.4, -0.2) is 59.7 Å². The normalized spacial score (nSPS) is 32.4. The third kappa shape index (κ3) is 5.83. The van der Waals surface area contributed by atoms with Crippen LogP contribution < -0.4 is 10.0 Å². The van der Waals surface area contributed by atoms with Crippen LogP contribution in [0.5, 0.6) is 0 Å². The van der Waals surface area contributed by atoms with E-state index in [1.807, 2.05) is 0 Å². The monoisotopic (exact) mass is 525 g/mol. The zero-order chi connectivity index (χ0) is 26.2. The van der Waals surface area contributed by atoms with Crippen LogP contribution in [0.3, 0.4) is 0 Å². The molecular weight excluding hydrogens is 482 g/mol. The summed E-state index contributed by atoms with van der Waals surface area (Å²) in [5, 5.41) is 2.92. The number of sulfonamides is 1. The fourth-order valence-electron chi connectivity index (χ4n) is 5.88. The Morgan fingerprint density at radius 2 is 1.61 bits per heavy atom. The zero-order valence-electron chi connectivity index (χ0n) is 22.1. The van der Waals surface area contributed by atoms with E-state index in [0.29, 0.717) is 45.1 Å². The third-order valence-corrected chi connectivity index (χ3v) is 10.5. The molecule has 2 saturated heterocycles. The van der Waals surface area contributed by atoms with Gasteiger partial charge < -0.3 is 10.1 Å². The van der Waals surface area contributed by atoms with E-state index in [2.05, 4.69) is 10.0 Å². The highest BCUT2D eigenvalue weighted by atomic mass is 32.2. The molecule has 2 aliphatic carbocycles. The van der Waals surface area contributed by atoms with Gasteiger partial charge >= 0.3 is 6.09 Å². The summed E-state index contributed by atoms with van der Waals surface area (Å²) in [4.78, 5) is 41.0. The first-order valence-corrected chi connectivity index (χ1v) is 15.3. The quantitative estimate of drug-likeness (QED) is 0.566. The Hall–Kier alpha value is -1.84. The van der Waals surface area contributed by atoms with Gasteiger partial charge in [-0.05, 0) is 71.6 Å². The number of likely N-dealkylation sites (tertiary alicyclic amines) is 1. The number of ether oxygens (including phenoxy) is 1. The smallest absolute Gasteiger partial charge is 0.410 e. The molecular formula is C26H43N3O6S. The van der Waals surface area contributed by atoms with E-state index in [1.54, 1.807) is 20.8 Å². The molecule has 0 aromatic heterocycles. The van der Waals surface area contributed by atoms with E-state index in [9.17, 15) is 22.8 Å². The number of carbonyl (C=O) groups is 3. The highest BCUT2D eigenvalue weighted by Crippen LogP contribution is 2.50. The second-order valence-electron chi connectivity index (χ2n) is 12.3. The van der Waals surface area contributed by atoms with Gasteiger partial charge in [-0.1, -0.05) is 44.9 Å². The average molecular weight is 526 g/mol. The highest BCUT2D eigenvalue weighted by Gasteiger charge is 2.63. The molecule has 0 radical (unpaired) electrons. The lowest BCUT2D eigenvalue weighted by Crippen LogP contribution is -2.57. The molecule has 4 rings (SSSR count). The van der Waals surface area contributed by atoms with E-state index >= 15 is 0 Å².